The molecule has 0 heterocycles. The Morgan fingerprint density at radius 3 is 2.19 bits per heavy atom. The predicted molar refractivity (Wildman–Crippen MR) is 93.2 cm³/mol. The Kier molecular flexibility index (Phi) is 8.80. The average molecular weight is 353 g/mol. The minimum atomic E-state index is 0. The van der Waals surface area contributed by atoms with Gasteiger partial charge in [0.25, 0.3) is 0 Å². The molecule has 0 bridgehead atoms. The predicted octanol–water partition coefficient (Wildman–Crippen LogP) is 5.63. The first-order chi connectivity index (χ1) is 9.70. The molecule has 1 aliphatic rings. The van der Waals surface area contributed by atoms with Crippen molar-refractivity contribution in [1.82, 2.24) is 5.32 Å². The largest absolute Gasteiger partial charge is 0.491 e. The van der Waals surface area contributed by atoms with E-state index in [9.17, 15) is 0 Å². The number of hydrogen-bond acceptors (Lipinski definition) is 2. The fraction of sp³-hybridized carbons (Fsp3) is 0.625. The summed E-state index contributed by atoms with van der Waals surface area (Å²) >= 11 is 12.4. The summed E-state index contributed by atoms with van der Waals surface area (Å²) in [6.45, 7) is 3.31. The van der Waals surface area contributed by atoms with Gasteiger partial charge in [-0.05, 0) is 37.5 Å². The lowest BCUT2D eigenvalue weighted by molar-refractivity contribution is 0.340. The van der Waals surface area contributed by atoms with E-state index in [1.54, 1.807) is 0 Å². The van der Waals surface area contributed by atoms with E-state index in [4.69, 9.17) is 27.9 Å². The summed E-state index contributed by atoms with van der Waals surface area (Å²) in [5.41, 5.74) is 1.12. The van der Waals surface area contributed by atoms with Crippen LogP contribution in [0.4, 0.5) is 0 Å². The van der Waals surface area contributed by atoms with Crippen molar-refractivity contribution in [2.75, 3.05) is 6.61 Å². The highest BCUT2D eigenvalue weighted by molar-refractivity contribution is 6.37. The molecule has 1 N–H and O–H groups in total. The van der Waals surface area contributed by atoms with Crippen LogP contribution >= 0.6 is 35.6 Å². The summed E-state index contributed by atoms with van der Waals surface area (Å²) in [5.74, 6) is 0.592. The number of hydrogen-bond donors (Lipinski definition) is 1. The van der Waals surface area contributed by atoms with Crippen LogP contribution in [-0.2, 0) is 6.54 Å². The molecule has 1 aromatic rings. The Labute approximate surface area is 143 Å². The third kappa shape index (κ3) is 5.86. The first-order valence-corrected chi connectivity index (χ1v) is 8.30. The van der Waals surface area contributed by atoms with Crippen molar-refractivity contribution in [2.24, 2.45) is 0 Å². The molecule has 5 heteroatoms. The van der Waals surface area contributed by atoms with Crippen LogP contribution in [0.3, 0.4) is 0 Å². The van der Waals surface area contributed by atoms with E-state index in [0.717, 1.165) is 12.1 Å². The maximum atomic E-state index is 6.22. The Morgan fingerprint density at radius 2 is 1.67 bits per heavy atom. The highest BCUT2D eigenvalue weighted by Crippen LogP contribution is 2.34. The Bertz CT molecular complexity index is 409. The molecule has 120 valence electrons. The SMILES string of the molecule is CCOc1c(Cl)cc(CNC2CCCCCC2)cc1Cl.Cl. The van der Waals surface area contributed by atoms with Gasteiger partial charge in [-0.2, -0.15) is 0 Å². The molecule has 0 aromatic heterocycles. The second-order valence-corrected chi connectivity index (χ2v) is 6.21. The summed E-state index contributed by atoms with van der Waals surface area (Å²) in [7, 11) is 0. The van der Waals surface area contributed by atoms with Crippen LogP contribution in [-0.4, -0.2) is 12.6 Å². The fourth-order valence-corrected chi connectivity index (χ4v) is 3.38. The normalized spacial score (nSPS) is 16.1. The smallest absolute Gasteiger partial charge is 0.156 e. The van der Waals surface area contributed by atoms with Crippen molar-refractivity contribution >= 4 is 35.6 Å². The lowest BCUT2D eigenvalue weighted by atomic mass is 10.1. The van der Waals surface area contributed by atoms with Crippen LogP contribution in [0.2, 0.25) is 10.0 Å². The van der Waals surface area contributed by atoms with E-state index in [1.165, 1.54) is 38.5 Å². The summed E-state index contributed by atoms with van der Waals surface area (Å²) < 4.78 is 5.45. The molecular formula is C16H24Cl3NO. The van der Waals surface area contributed by atoms with Crippen LogP contribution in [0.25, 0.3) is 0 Å². The highest BCUT2D eigenvalue weighted by Gasteiger charge is 2.13. The first kappa shape index (κ1) is 18.9. The Hall–Kier alpha value is -0.150. The second kappa shape index (κ2) is 9.78. The van der Waals surface area contributed by atoms with E-state index in [0.29, 0.717) is 28.4 Å². The van der Waals surface area contributed by atoms with Crippen LogP contribution in [0.1, 0.15) is 51.0 Å². The standard InChI is InChI=1S/C16H23Cl2NO.ClH/c1-2-20-16-14(17)9-12(10-15(16)18)11-19-13-7-5-3-4-6-8-13;/h9-10,13,19H,2-8,11H2,1H3;1H. The Morgan fingerprint density at radius 1 is 1.10 bits per heavy atom. The van der Waals surface area contributed by atoms with Gasteiger partial charge in [-0.3, -0.25) is 0 Å². The monoisotopic (exact) mass is 351 g/mol. The zero-order chi connectivity index (χ0) is 14.4. The molecule has 0 saturated heterocycles. The molecule has 0 aliphatic heterocycles. The van der Waals surface area contributed by atoms with Gasteiger partial charge < -0.3 is 10.1 Å². The summed E-state index contributed by atoms with van der Waals surface area (Å²) in [5, 5.41) is 4.81. The second-order valence-electron chi connectivity index (χ2n) is 5.39. The van der Waals surface area contributed by atoms with E-state index >= 15 is 0 Å². The zero-order valence-corrected chi connectivity index (χ0v) is 14.8. The molecule has 0 unspecified atom stereocenters. The first-order valence-electron chi connectivity index (χ1n) is 7.54. The Balaban J connectivity index is 0.00000220. The van der Waals surface area contributed by atoms with Gasteiger partial charge >= 0.3 is 0 Å². The van der Waals surface area contributed by atoms with Crippen LogP contribution in [0.5, 0.6) is 5.75 Å². The molecule has 1 fully saturated rings. The molecule has 21 heavy (non-hydrogen) atoms. The quantitative estimate of drug-likeness (QED) is 0.694. The van der Waals surface area contributed by atoms with Crippen LogP contribution in [0, 0.1) is 0 Å². The molecular weight excluding hydrogens is 329 g/mol. The molecule has 1 aliphatic carbocycles. The summed E-state index contributed by atoms with van der Waals surface area (Å²) in [6, 6.07) is 4.52. The molecule has 1 aromatic carbocycles. The van der Waals surface area contributed by atoms with Gasteiger partial charge in [0.2, 0.25) is 0 Å². The van der Waals surface area contributed by atoms with Gasteiger partial charge in [-0.25, -0.2) is 0 Å². The minimum absolute atomic E-state index is 0. The fourth-order valence-electron chi connectivity index (χ4n) is 2.74. The molecule has 1 saturated carbocycles. The molecule has 2 nitrogen and oxygen atoms in total. The van der Waals surface area contributed by atoms with Crippen molar-refractivity contribution in [2.45, 2.75) is 58.0 Å². The van der Waals surface area contributed by atoms with E-state index in [-0.39, 0.29) is 12.4 Å². The number of ether oxygens (including phenoxy) is 1. The van der Waals surface area contributed by atoms with Crippen LogP contribution < -0.4 is 10.1 Å². The van der Waals surface area contributed by atoms with Crippen molar-refractivity contribution in [3.8, 4) is 5.75 Å². The van der Waals surface area contributed by atoms with Gasteiger partial charge in [0.05, 0.1) is 16.7 Å². The van der Waals surface area contributed by atoms with E-state index < -0.39 is 0 Å². The lowest BCUT2D eigenvalue weighted by Gasteiger charge is -2.17. The van der Waals surface area contributed by atoms with Crippen LogP contribution in [0.15, 0.2) is 12.1 Å². The average Bonchev–Trinajstić information content (AvgIpc) is 2.69. The van der Waals surface area contributed by atoms with Crippen molar-refractivity contribution in [3.63, 3.8) is 0 Å². The van der Waals surface area contributed by atoms with E-state index in [2.05, 4.69) is 5.32 Å². The lowest BCUT2D eigenvalue weighted by Crippen LogP contribution is -2.27. The molecule has 0 spiro atoms. The van der Waals surface area contributed by atoms with E-state index in [1.807, 2.05) is 19.1 Å². The molecule has 2 rings (SSSR count). The maximum absolute atomic E-state index is 6.22. The summed E-state index contributed by atoms with van der Waals surface area (Å²) in [4.78, 5) is 0. The summed E-state index contributed by atoms with van der Waals surface area (Å²) in [6.07, 6.45) is 7.97. The van der Waals surface area contributed by atoms with Gasteiger partial charge in [-0.1, -0.05) is 48.9 Å². The minimum Gasteiger partial charge on any atom is -0.491 e. The molecule has 0 radical (unpaired) electrons. The number of benzene rings is 1. The van der Waals surface area contributed by atoms with Gasteiger partial charge in [-0.15, -0.1) is 12.4 Å². The molecule has 0 atom stereocenters. The topological polar surface area (TPSA) is 21.3 Å². The number of nitrogens with one attached hydrogen (secondary N) is 1. The van der Waals surface area contributed by atoms with Gasteiger partial charge in [0.15, 0.2) is 5.75 Å². The van der Waals surface area contributed by atoms with Gasteiger partial charge in [0.1, 0.15) is 0 Å². The van der Waals surface area contributed by atoms with Crippen molar-refractivity contribution < 1.29 is 4.74 Å². The third-order valence-electron chi connectivity index (χ3n) is 3.80. The molecule has 0 amide bonds. The number of rotatable bonds is 5. The zero-order valence-electron chi connectivity index (χ0n) is 12.5. The van der Waals surface area contributed by atoms with Gasteiger partial charge in [0, 0.05) is 12.6 Å². The number of halogens is 3. The third-order valence-corrected chi connectivity index (χ3v) is 4.36. The van der Waals surface area contributed by atoms with Crippen molar-refractivity contribution in [1.29, 1.82) is 0 Å². The highest BCUT2D eigenvalue weighted by atomic mass is 35.5. The van der Waals surface area contributed by atoms with Crippen molar-refractivity contribution in [3.05, 3.63) is 27.7 Å². The maximum Gasteiger partial charge on any atom is 0.156 e.